The molecule has 1 amide bonds. The number of halogens is 2. The molecule has 1 aliphatic heterocycles. The molecule has 2 heterocycles. The Labute approximate surface area is 229 Å². The number of unbranched alkanes of at least 4 members (excludes halogenated alkanes) is 3. The zero-order chi connectivity index (χ0) is 27.2. The lowest BCUT2D eigenvalue weighted by molar-refractivity contribution is -0.119. The number of amides is 1. The van der Waals surface area contributed by atoms with Crippen LogP contribution < -0.4 is 4.90 Å². The molecule has 1 aliphatic carbocycles. The van der Waals surface area contributed by atoms with E-state index >= 15 is 0 Å². The largest absolute Gasteiger partial charge is 0.292 e. The first-order valence-corrected chi connectivity index (χ1v) is 14.3. The van der Waals surface area contributed by atoms with Gasteiger partial charge in [-0.25, -0.2) is 8.78 Å². The van der Waals surface area contributed by atoms with Crippen LogP contribution in [0, 0.1) is 11.6 Å². The highest BCUT2D eigenvalue weighted by atomic mass is 19.1. The van der Waals surface area contributed by atoms with Crippen LogP contribution in [0.5, 0.6) is 0 Å². The number of aliphatic imine (C=N–C) groups is 1. The van der Waals surface area contributed by atoms with E-state index in [4.69, 9.17) is 0 Å². The number of aromatic nitrogens is 2. The molecule has 1 unspecified atom stereocenters. The Morgan fingerprint density at radius 2 is 1.64 bits per heavy atom. The number of rotatable bonds is 10. The fraction of sp³-hybridized carbons (Fsp3) is 0.438. The van der Waals surface area contributed by atoms with Crippen LogP contribution in [0.4, 0.5) is 14.6 Å². The van der Waals surface area contributed by atoms with Crippen molar-refractivity contribution in [1.82, 2.24) is 10.2 Å². The molecule has 1 aromatic heterocycles. The molecule has 7 heteroatoms. The van der Waals surface area contributed by atoms with Crippen molar-refractivity contribution in [1.29, 1.82) is 0 Å². The van der Waals surface area contributed by atoms with E-state index in [1.807, 2.05) is 41.3 Å². The molecule has 3 aromatic rings. The molecule has 0 N–H and O–H groups in total. The summed E-state index contributed by atoms with van der Waals surface area (Å²) < 4.78 is 28.4. The van der Waals surface area contributed by atoms with Gasteiger partial charge in [-0.2, -0.15) is 0 Å². The summed E-state index contributed by atoms with van der Waals surface area (Å²) in [5, 5.41) is 8.96. The van der Waals surface area contributed by atoms with Crippen LogP contribution in [0.25, 0.3) is 11.3 Å². The third-order valence-electron chi connectivity index (χ3n) is 7.91. The van der Waals surface area contributed by atoms with Gasteiger partial charge in [0.15, 0.2) is 5.82 Å². The van der Waals surface area contributed by atoms with E-state index in [9.17, 15) is 13.6 Å². The molecule has 5 rings (SSSR count). The molecular weight excluding hydrogens is 494 g/mol. The number of carbonyl (C=O) groups is 1. The number of hydrogen-bond donors (Lipinski definition) is 0. The average Bonchev–Trinajstić information content (AvgIpc) is 3.65. The normalized spacial score (nSPS) is 17.4. The Bertz CT molecular complexity index is 1280. The fourth-order valence-electron chi connectivity index (χ4n) is 5.78. The summed E-state index contributed by atoms with van der Waals surface area (Å²) in [4.78, 5) is 19.7. The maximum absolute atomic E-state index is 14.2. The Morgan fingerprint density at radius 1 is 0.897 bits per heavy atom. The summed E-state index contributed by atoms with van der Waals surface area (Å²) in [6.07, 6.45) is 10.4. The van der Waals surface area contributed by atoms with Crippen LogP contribution >= 0.6 is 0 Å². The maximum Gasteiger partial charge on any atom is 0.228 e. The summed E-state index contributed by atoms with van der Waals surface area (Å²) in [5.41, 5.74) is 3.11. The molecule has 0 saturated heterocycles. The highest BCUT2D eigenvalue weighted by Gasteiger charge is 2.29. The second kappa shape index (κ2) is 12.6. The quantitative estimate of drug-likeness (QED) is 0.250. The van der Waals surface area contributed by atoms with Crippen LogP contribution in [0.15, 0.2) is 59.6 Å². The number of nitrogens with zero attached hydrogens (tertiary/aromatic N) is 4. The monoisotopic (exact) mass is 530 g/mol. The van der Waals surface area contributed by atoms with Crippen molar-refractivity contribution in [3.63, 3.8) is 0 Å². The zero-order valence-corrected chi connectivity index (χ0v) is 22.6. The lowest BCUT2D eigenvalue weighted by Crippen LogP contribution is -2.39. The van der Waals surface area contributed by atoms with Crippen molar-refractivity contribution < 1.29 is 13.6 Å². The highest BCUT2D eigenvalue weighted by molar-refractivity contribution is 6.02. The molecule has 2 aliphatic rings. The van der Waals surface area contributed by atoms with Crippen LogP contribution in [-0.4, -0.2) is 27.9 Å². The molecular formula is C32H36F2N4O. The third-order valence-corrected chi connectivity index (χ3v) is 7.91. The molecule has 1 atom stereocenters. The first-order chi connectivity index (χ1) is 19.0. The van der Waals surface area contributed by atoms with Crippen LogP contribution in [0.2, 0.25) is 0 Å². The van der Waals surface area contributed by atoms with Crippen molar-refractivity contribution in [2.24, 2.45) is 4.99 Å². The van der Waals surface area contributed by atoms with Gasteiger partial charge in [0.1, 0.15) is 11.6 Å². The Hall–Kier alpha value is -3.48. The van der Waals surface area contributed by atoms with Gasteiger partial charge in [0.25, 0.3) is 0 Å². The van der Waals surface area contributed by atoms with Crippen molar-refractivity contribution in [2.75, 3.05) is 4.90 Å². The smallest absolute Gasteiger partial charge is 0.228 e. The van der Waals surface area contributed by atoms with Gasteiger partial charge < -0.3 is 0 Å². The third kappa shape index (κ3) is 6.23. The van der Waals surface area contributed by atoms with Gasteiger partial charge in [-0.3, -0.25) is 14.7 Å². The first kappa shape index (κ1) is 27.1. The lowest BCUT2D eigenvalue weighted by atomic mass is 10.0. The van der Waals surface area contributed by atoms with E-state index in [-0.39, 0.29) is 23.6 Å². The van der Waals surface area contributed by atoms with E-state index in [0.717, 1.165) is 68.2 Å². The second-order valence-electron chi connectivity index (χ2n) is 10.6. The topological polar surface area (TPSA) is 58.5 Å². The van der Waals surface area contributed by atoms with Gasteiger partial charge >= 0.3 is 0 Å². The molecule has 2 aromatic carbocycles. The zero-order valence-electron chi connectivity index (χ0n) is 22.6. The van der Waals surface area contributed by atoms with Crippen LogP contribution in [0.3, 0.4) is 0 Å². The minimum Gasteiger partial charge on any atom is -0.292 e. The summed E-state index contributed by atoms with van der Waals surface area (Å²) >= 11 is 0. The number of anilines is 1. The summed E-state index contributed by atoms with van der Waals surface area (Å²) in [6, 6.07) is 15.8. The van der Waals surface area contributed by atoms with Gasteiger partial charge in [-0.15, -0.1) is 10.2 Å². The molecule has 1 fully saturated rings. The first-order valence-electron chi connectivity index (χ1n) is 14.3. The summed E-state index contributed by atoms with van der Waals surface area (Å²) in [7, 11) is 0. The molecule has 0 bridgehead atoms. The van der Waals surface area contributed by atoms with Crippen LogP contribution in [0.1, 0.15) is 94.7 Å². The van der Waals surface area contributed by atoms with E-state index in [1.165, 1.54) is 18.2 Å². The predicted molar refractivity (Wildman–Crippen MR) is 151 cm³/mol. The van der Waals surface area contributed by atoms with Gasteiger partial charge in [-0.05, 0) is 61.9 Å². The molecule has 0 spiro atoms. The van der Waals surface area contributed by atoms with Crippen LogP contribution in [-0.2, 0) is 4.79 Å². The van der Waals surface area contributed by atoms with E-state index in [0.29, 0.717) is 30.8 Å². The SMILES string of the molecule is CCCCCCC(=O)N(c1ccc(-c2ccc(C3CCC(c4c(F)cccc4F)=N3)cc2)nn1)C1CCCC1. The van der Waals surface area contributed by atoms with Crippen molar-refractivity contribution in [3.8, 4) is 11.3 Å². The van der Waals surface area contributed by atoms with Crippen molar-refractivity contribution in [3.05, 3.63) is 77.4 Å². The van der Waals surface area contributed by atoms with Crippen molar-refractivity contribution >= 4 is 17.4 Å². The Balaban J connectivity index is 1.29. The molecule has 39 heavy (non-hydrogen) atoms. The lowest BCUT2D eigenvalue weighted by Gasteiger charge is -2.28. The summed E-state index contributed by atoms with van der Waals surface area (Å²) in [6.45, 7) is 2.17. The molecule has 204 valence electrons. The van der Waals surface area contributed by atoms with E-state index in [2.05, 4.69) is 22.1 Å². The minimum absolute atomic E-state index is 0.0157. The Kier molecular flexibility index (Phi) is 8.74. The summed E-state index contributed by atoms with van der Waals surface area (Å²) in [5.74, 6) is -0.361. The highest BCUT2D eigenvalue weighted by Crippen LogP contribution is 2.34. The van der Waals surface area contributed by atoms with Gasteiger partial charge in [0, 0.05) is 23.7 Å². The Morgan fingerprint density at radius 3 is 2.31 bits per heavy atom. The number of carbonyl (C=O) groups excluding carboxylic acids is 1. The van der Waals surface area contributed by atoms with E-state index in [1.54, 1.807) is 0 Å². The number of benzene rings is 2. The minimum atomic E-state index is -0.573. The maximum atomic E-state index is 14.2. The van der Waals surface area contributed by atoms with Gasteiger partial charge in [0.2, 0.25) is 5.91 Å². The molecule has 5 nitrogen and oxygen atoms in total. The predicted octanol–water partition coefficient (Wildman–Crippen LogP) is 7.99. The van der Waals surface area contributed by atoms with Gasteiger partial charge in [-0.1, -0.05) is 69.4 Å². The fourth-order valence-corrected chi connectivity index (χ4v) is 5.78. The second-order valence-corrected chi connectivity index (χ2v) is 10.6. The van der Waals surface area contributed by atoms with Crippen molar-refractivity contribution in [2.45, 2.75) is 89.6 Å². The van der Waals surface area contributed by atoms with E-state index < -0.39 is 11.6 Å². The molecule has 0 radical (unpaired) electrons. The molecule has 1 saturated carbocycles. The average molecular weight is 531 g/mol. The standard InChI is InChI=1S/C32H36F2N4O/c1-2-3-4-5-13-31(39)38(24-9-6-7-10-24)30-21-20-28(36-37-30)23-16-14-22(15-17-23)27-18-19-29(35-27)32-25(33)11-8-12-26(32)34/h8,11-12,14-17,20-21,24,27H,2-7,9-10,13,18-19H2,1H3. The number of hydrogen-bond acceptors (Lipinski definition) is 4. The van der Waals surface area contributed by atoms with Gasteiger partial charge in [0.05, 0.1) is 17.3 Å².